The van der Waals surface area contributed by atoms with Crippen molar-refractivity contribution in [2.45, 2.75) is 38.9 Å². The molecule has 0 spiro atoms. The molecule has 1 saturated heterocycles. The van der Waals surface area contributed by atoms with Gasteiger partial charge < -0.3 is 9.31 Å². The van der Waals surface area contributed by atoms with Crippen LogP contribution in [0.3, 0.4) is 0 Å². The fourth-order valence-electron chi connectivity index (χ4n) is 6.86. The summed E-state index contributed by atoms with van der Waals surface area (Å²) in [5.41, 5.74) is 9.87. The Bertz CT molecular complexity index is 2200. The molecule has 7 aromatic rings. The quantitative estimate of drug-likeness (QED) is 0.143. The lowest BCUT2D eigenvalue weighted by Gasteiger charge is -2.32. The summed E-state index contributed by atoms with van der Waals surface area (Å²) in [6, 6.07) is 54.7. The van der Waals surface area contributed by atoms with Crippen LogP contribution >= 0.6 is 0 Å². The van der Waals surface area contributed by atoms with Crippen LogP contribution in [-0.2, 0) is 9.31 Å². The Balaban J connectivity index is 1.35. The van der Waals surface area contributed by atoms with Crippen LogP contribution in [0, 0.1) is 0 Å². The molecule has 1 aliphatic rings. The van der Waals surface area contributed by atoms with Crippen LogP contribution in [0.1, 0.15) is 27.7 Å². The Morgan fingerprint density at radius 3 is 1.19 bits per heavy atom. The highest BCUT2D eigenvalue weighted by Crippen LogP contribution is 2.44. The van der Waals surface area contributed by atoms with E-state index in [2.05, 4.69) is 179 Å². The summed E-state index contributed by atoms with van der Waals surface area (Å²) in [6.07, 6.45) is 0. The van der Waals surface area contributed by atoms with Crippen molar-refractivity contribution in [2.24, 2.45) is 0 Å². The molecule has 0 N–H and O–H groups in total. The molecule has 0 unspecified atom stereocenters. The highest BCUT2D eigenvalue weighted by molar-refractivity contribution is 6.62. The van der Waals surface area contributed by atoms with Gasteiger partial charge in [0.25, 0.3) is 0 Å². The highest BCUT2D eigenvalue weighted by Gasteiger charge is 2.51. The van der Waals surface area contributed by atoms with Gasteiger partial charge >= 0.3 is 7.12 Å². The Morgan fingerprint density at radius 2 is 0.723 bits per heavy atom. The third-order valence-corrected chi connectivity index (χ3v) is 10.1. The van der Waals surface area contributed by atoms with Crippen LogP contribution in [0.5, 0.6) is 0 Å². The van der Waals surface area contributed by atoms with E-state index in [1.54, 1.807) is 0 Å². The minimum atomic E-state index is -0.446. The van der Waals surface area contributed by atoms with Crippen molar-refractivity contribution in [3.05, 3.63) is 152 Å². The molecule has 2 nitrogen and oxygen atoms in total. The monoisotopic (exact) mass is 608 g/mol. The predicted octanol–water partition coefficient (Wildman–Crippen LogP) is 11.0. The number of hydrogen-bond donors (Lipinski definition) is 0. The van der Waals surface area contributed by atoms with Crippen molar-refractivity contribution in [3.63, 3.8) is 0 Å². The van der Waals surface area contributed by atoms with E-state index >= 15 is 0 Å². The lowest BCUT2D eigenvalue weighted by molar-refractivity contribution is 0.00578. The number of fused-ring (bicyclic) bond motifs is 2. The Kier molecular flexibility index (Phi) is 7.13. The Labute approximate surface area is 277 Å². The maximum atomic E-state index is 6.54. The van der Waals surface area contributed by atoms with E-state index < -0.39 is 18.3 Å². The van der Waals surface area contributed by atoms with Crippen LogP contribution in [0.2, 0.25) is 0 Å². The molecule has 0 atom stereocenters. The van der Waals surface area contributed by atoms with Gasteiger partial charge in [-0.25, -0.2) is 0 Å². The lowest BCUT2D eigenvalue weighted by Crippen LogP contribution is -2.41. The molecular weight excluding hydrogens is 571 g/mol. The van der Waals surface area contributed by atoms with Crippen LogP contribution in [-0.4, -0.2) is 18.3 Å². The van der Waals surface area contributed by atoms with Gasteiger partial charge in [-0.2, -0.15) is 0 Å². The third-order valence-electron chi connectivity index (χ3n) is 10.1. The first-order valence-corrected chi connectivity index (χ1v) is 16.4. The van der Waals surface area contributed by atoms with E-state index in [1.807, 2.05) is 0 Å². The first-order valence-electron chi connectivity index (χ1n) is 16.4. The smallest absolute Gasteiger partial charge is 0.399 e. The first-order chi connectivity index (χ1) is 22.8. The third kappa shape index (κ3) is 5.17. The second kappa shape index (κ2) is 11.4. The van der Waals surface area contributed by atoms with Gasteiger partial charge in [0, 0.05) is 0 Å². The van der Waals surface area contributed by atoms with Gasteiger partial charge in [-0.05, 0) is 99.2 Å². The van der Waals surface area contributed by atoms with E-state index in [9.17, 15) is 0 Å². The predicted molar refractivity (Wildman–Crippen MR) is 199 cm³/mol. The maximum Gasteiger partial charge on any atom is 0.494 e. The second-order valence-corrected chi connectivity index (χ2v) is 13.6. The van der Waals surface area contributed by atoms with Gasteiger partial charge in [0.05, 0.1) is 11.2 Å². The largest absolute Gasteiger partial charge is 0.494 e. The second-order valence-electron chi connectivity index (χ2n) is 13.6. The van der Waals surface area contributed by atoms with Gasteiger partial charge in [0.1, 0.15) is 0 Å². The van der Waals surface area contributed by atoms with Gasteiger partial charge in [-0.3, -0.25) is 0 Å². The van der Waals surface area contributed by atoms with Crippen molar-refractivity contribution >= 4 is 34.1 Å². The summed E-state index contributed by atoms with van der Waals surface area (Å²) >= 11 is 0. The SMILES string of the molecule is CC1(C)OB(c2ccc3c(-c4ccc(-c5ccccc5)cc4)c4ccccc4c(-c4ccc(-c5ccccc5)cc4)c3c2)OC1(C)C. The zero-order valence-electron chi connectivity index (χ0n) is 27.3. The highest BCUT2D eigenvalue weighted by atomic mass is 16.7. The van der Waals surface area contributed by atoms with Crippen molar-refractivity contribution < 1.29 is 9.31 Å². The number of rotatable bonds is 5. The van der Waals surface area contributed by atoms with Crippen LogP contribution < -0.4 is 5.46 Å². The normalized spacial score (nSPS) is 15.4. The van der Waals surface area contributed by atoms with Gasteiger partial charge in [0.2, 0.25) is 0 Å². The van der Waals surface area contributed by atoms with Gasteiger partial charge in [0.15, 0.2) is 0 Å². The average molecular weight is 609 g/mol. The molecule has 228 valence electrons. The molecule has 0 bridgehead atoms. The minimum Gasteiger partial charge on any atom is -0.399 e. The summed E-state index contributed by atoms with van der Waals surface area (Å²) in [5, 5.41) is 4.85. The standard InChI is InChI=1S/C44H37BO2/c1-43(2)44(3,4)47-45(46-43)36-27-28-39-40(29-36)42(35-25-21-33(22-26-35)31-15-9-6-10-16-31)38-18-12-11-17-37(38)41(39)34-23-19-32(20-24-34)30-13-7-5-8-14-30/h5-29H,1-4H3. The molecule has 1 aliphatic heterocycles. The molecular formula is C44H37BO2. The van der Waals surface area contributed by atoms with E-state index in [1.165, 1.54) is 66.1 Å². The zero-order valence-corrected chi connectivity index (χ0v) is 27.3. The number of benzene rings is 7. The van der Waals surface area contributed by atoms with E-state index in [0.717, 1.165) is 5.46 Å². The zero-order chi connectivity index (χ0) is 32.2. The topological polar surface area (TPSA) is 18.5 Å². The van der Waals surface area contributed by atoms with E-state index in [0.29, 0.717) is 0 Å². The summed E-state index contributed by atoms with van der Waals surface area (Å²) < 4.78 is 13.1. The van der Waals surface area contributed by atoms with Crippen molar-refractivity contribution in [3.8, 4) is 44.5 Å². The van der Waals surface area contributed by atoms with Crippen molar-refractivity contribution in [2.75, 3.05) is 0 Å². The van der Waals surface area contributed by atoms with Crippen LogP contribution in [0.4, 0.5) is 0 Å². The molecule has 47 heavy (non-hydrogen) atoms. The fourth-order valence-corrected chi connectivity index (χ4v) is 6.86. The van der Waals surface area contributed by atoms with Crippen LogP contribution in [0.25, 0.3) is 66.1 Å². The average Bonchev–Trinajstić information content (AvgIpc) is 3.33. The Hall–Kier alpha value is -4.96. The van der Waals surface area contributed by atoms with Crippen LogP contribution in [0.15, 0.2) is 152 Å². The Morgan fingerprint density at radius 1 is 0.362 bits per heavy atom. The van der Waals surface area contributed by atoms with E-state index in [4.69, 9.17) is 9.31 Å². The molecule has 1 fully saturated rings. The van der Waals surface area contributed by atoms with Crippen molar-refractivity contribution in [1.82, 2.24) is 0 Å². The molecule has 8 rings (SSSR count). The maximum absolute atomic E-state index is 6.54. The summed E-state index contributed by atoms with van der Waals surface area (Å²) in [7, 11) is -0.446. The lowest BCUT2D eigenvalue weighted by atomic mass is 9.76. The van der Waals surface area contributed by atoms with Crippen molar-refractivity contribution in [1.29, 1.82) is 0 Å². The first kappa shape index (κ1) is 29.4. The molecule has 1 heterocycles. The number of hydrogen-bond acceptors (Lipinski definition) is 2. The molecule has 0 radical (unpaired) electrons. The summed E-state index contributed by atoms with van der Waals surface area (Å²) in [5.74, 6) is 0. The molecule has 0 aliphatic carbocycles. The fraction of sp³-hybridized carbons (Fsp3) is 0.136. The minimum absolute atomic E-state index is 0.419. The molecule has 0 saturated carbocycles. The summed E-state index contributed by atoms with van der Waals surface area (Å²) in [4.78, 5) is 0. The molecule has 7 aromatic carbocycles. The van der Waals surface area contributed by atoms with E-state index in [-0.39, 0.29) is 0 Å². The summed E-state index contributed by atoms with van der Waals surface area (Å²) in [6.45, 7) is 8.44. The molecule has 0 aromatic heterocycles. The van der Waals surface area contributed by atoms with Gasteiger partial charge in [-0.1, -0.05) is 152 Å². The molecule has 3 heteroatoms. The van der Waals surface area contributed by atoms with Gasteiger partial charge in [-0.15, -0.1) is 0 Å². The molecule has 0 amide bonds.